The zero-order chi connectivity index (χ0) is 17.8. The van der Waals surface area contributed by atoms with Crippen LogP contribution >= 0.6 is 0 Å². The number of pyridine rings is 1. The first-order chi connectivity index (χ1) is 12.1. The van der Waals surface area contributed by atoms with Crippen LogP contribution in [0.1, 0.15) is 35.2 Å². The van der Waals surface area contributed by atoms with Crippen LogP contribution in [0.15, 0.2) is 42.6 Å². The zero-order valence-corrected chi connectivity index (χ0v) is 14.0. The molecule has 1 fully saturated rings. The summed E-state index contributed by atoms with van der Waals surface area (Å²) in [5.41, 5.74) is 5.10. The minimum atomic E-state index is -0.448. The van der Waals surface area contributed by atoms with E-state index < -0.39 is 11.8 Å². The second kappa shape index (κ2) is 7.44. The molecule has 0 aliphatic heterocycles. The van der Waals surface area contributed by atoms with Crippen LogP contribution in [0.5, 0.6) is 0 Å². The third-order valence-electron chi connectivity index (χ3n) is 4.73. The Morgan fingerprint density at radius 3 is 2.64 bits per heavy atom. The van der Waals surface area contributed by atoms with Crippen molar-refractivity contribution in [3.05, 3.63) is 53.7 Å². The maximum absolute atomic E-state index is 12.4. The van der Waals surface area contributed by atoms with Crippen LogP contribution in [0.4, 0.5) is 0 Å². The highest BCUT2D eigenvalue weighted by atomic mass is 16.5. The van der Waals surface area contributed by atoms with Gasteiger partial charge in [-0.1, -0.05) is 30.7 Å². The zero-order valence-electron chi connectivity index (χ0n) is 14.0. The molecule has 6 heteroatoms. The first-order valence-electron chi connectivity index (χ1n) is 8.37. The molecule has 2 atom stereocenters. The van der Waals surface area contributed by atoms with Gasteiger partial charge in [-0.3, -0.25) is 19.8 Å². The summed E-state index contributed by atoms with van der Waals surface area (Å²) in [5, 5.41) is 11.7. The Morgan fingerprint density at radius 1 is 1.16 bits per heavy atom. The van der Waals surface area contributed by atoms with Crippen LogP contribution in [0.25, 0.3) is 11.3 Å². The van der Waals surface area contributed by atoms with Crippen LogP contribution in [-0.2, 0) is 4.79 Å². The molecule has 1 saturated carbocycles. The molecule has 1 aliphatic carbocycles. The summed E-state index contributed by atoms with van der Waals surface area (Å²) >= 11 is 0. The van der Waals surface area contributed by atoms with Gasteiger partial charge in [-0.05, 0) is 37.5 Å². The molecule has 2 unspecified atom stereocenters. The van der Waals surface area contributed by atoms with Crippen molar-refractivity contribution < 1.29 is 14.8 Å². The van der Waals surface area contributed by atoms with Crippen molar-refractivity contribution >= 4 is 11.8 Å². The van der Waals surface area contributed by atoms with Gasteiger partial charge in [-0.15, -0.1) is 0 Å². The van der Waals surface area contributed by atoms with E-state index in [1.54, 1.807) is 17.7 Å². The third kappa shape index (κ3) is 3.69. The van der Waals surface area contributed by atoms with Crippen LogP contribution in [-0.4, -0.2) is 28.0 Å². The first kappa shape index (κ1) is 17.1. The maximum atomic E-state index is 12.4. The van der Waals surface area contributed by atoms with E-state index in [2.05, 4.69) is 10.3 Å². The quantitative estimate of drug-likeness (QED) is 0.589. The van der Waals surface area contributed by atoms with Crippen LogP contribution < -0.4 is 10.8 Å². The fraction of sp³-hybridized carbons (Fsp3) is 0.316. The van der Waals surface area contributed by atoms with Gasteiger partial charge in [0.15, 0.2) is 0 Å². The van der Waals surface area contributed by atoms with E-state index in [1.807, 2.05) is 37.3 Å². The predicted molar refractivity (Wildman–Crippen MR) is 92.9 cm³/mol. The Bertz CT molecular complexity index is 774. The summed E-state index contributed by atoms with van der Waals surface area (Å²) in [7, 11) is 0. The number of rotatable bonds is 4. The minimum Gasteiger partial charge on any atom is -0.348 e. The number of nitrogens with one attached hydrogen (secondary N) is 2. The number of aromatic nitrogens is 1. The molecule has 0 bridgehead atoms. The number of aryl methyl sites for hydroxylation is 1. The second-order valence-electron chi connectivity index (χ2n) is 6.34. The molecule has 1 aliphatic rings. The largest absolute Gasteiger partial charge is 0.348 e. The van der Waals surface area contributed by atoms with E-state index >= 15 is 0 Å². The molecule has 6 nitrogen and oxygen atoms in total. The second-order valence-corrected chi connectivity index (χ2v) is 6.34. The summed E-state index contributed by atoms with van der Waals surface area (Å²) in [6, 6.07) is 11.2. The number of hydrogen-bond acceptors (Lipinski definition) is 4. The van der Waals surface area contributed by atoms with Gasteiger partial charge in [0.25, 0.3) is 5.91 Å². The van der Waals surface area contributed by atoms with Crippen molar-refractivity contribution in [2.45, 2.75) is 32.2 Å². The van der Waals surface area contributed by atoms with Crippen LogP contribution in [0.2, 0.25) is 0 Å². The van der Waals surface area contributed by atoms with E-state index in [1.165, 1.54) is 0 Å². The highest BCUT2D eigenvalue weighted by Gasteiger charge is 2.34. The van der Waals surface area contributed by atoms with Crippen molar-refractivity contribution in [2.75, 3.05) is 0 Å². The minimum absolute atomic E-state index is 0.258. The predicted octanol–water partition coefficient (Wildman–Crippen LogP) is 2.46. The van der Waals surface area contributed by atoms with Gasteiger partial charge in [0, 0.05) is 17.8 Å². The Hall–Kier alpha value is -2.73. The topological polar surface area (TPSA) is 91.3 Å². The van der Waals surface area contributed by atoms with Crippen LogP contribution in [0.3, 0.4) is 0 Å². The highest BCUT2D eigenvalue weighted by molar-refractivity contribution is 5.95. The number of hydrogen-bond donors (Lipinski definition) is 3. The van der Waals surface area contributed by atoms with E-state index in [-0.39, 0.29) is 11.9 Å². The number of nitrogens with zero attached hydrogens (tertiary/aromatic N) is 1. The van der Waals surface area contributed by atoms with Crippen molar-refractivity contribution in [1.29, 1.82) is 0 Å². The molecule has 1 aromatic heterocycles. The third-order valence-corrected chi connectivity index (χ3v) is 4.73. The van der Waals surface area contributed by atoms with Gasteiger partial charge in [0.1, 0.15) is 0 Å². The summed E-state index contributed by atoms with van der Waals surface area (Å²) in [4.78, 5) is 28.5. The van der Waals surface area contributed by atoms with Gasteiger partial charge in [0.2, 0.25) is 5.91 Å². The molecule has 1 heterocycles. The van der Waals surface area contributed by atoms with Crippen LogP contribution in [0, 0.1) is 12.8 Å². The van der Waals surface area contributed by atoms with Gasteiger partial charge >= 0.3 is 0 Å². The molecule has 130 valence electrons. The van der Waals surface area contributed by atoms with Crippen molar-refractivity contribution in [1.82, 2.24) is 15.8 Å². The number of carbonyl (C=O) groups excluding carboxylic acids is 2. The van der Waals surface area contributed by atoms with Gasteiger partial charge in [0.05, 0.1) is 17.2 Å². The summed E-state index contributed by atoms with van der Waals surface area (Å²) in [5.74, 6) is -1.10. The molecule has 1 aromatic carbocycles. The van der Waals surface area contributed by atoms with Gasteiger partial charge in [-0.2, -0.15) is 0 Å². The number of amides is 2. The number of carbonyl (C=O) groups is 2. The summed E-state index contributed by atoms with van der Waals surface area (Å²) in [6.45, 7) is 2.02. The highest BCUT2D eigenvalue weighted by Crippen LogP contribution is 2.26. The fourth-order valence-corrected chi connectivity index (χ4v) is 3.33. The smallest absolute Gasteiger partial charge is 0.253 e. The molecule has 0 radical (unpaired) electrons. The van der Waals surface area contributed by atoms with Gasteiger partial charge in [-0.25, -0.2) is 5.48 Å². The average molecular weight is 339 g/mol. The standard InChI is InChI=1S/C19H21N3O3/c1-12-5-2-3-6-14(12)16-10-9-13(11-20-16)18(23)21-17-8-4-7-15(17)19(24)22-25/h2-3,5-6,9-11,15,17,25H,4,7-8H2,1H3,(H,21,23)(H,22,24). The molecule has 25 heavy (non-hydrogen) atoms. The Morgan fingerprint density at radius 2 is 1.96 bits per heavy atom. The normalized spacial score (nSPS) is 19.4. The van der Waals surface area contributed by atoms with E-state index in [0.717, 1.165) is 29.7 Å². The lowest BCUT2D eigenvalue weighted by atomic mass is 10.0. The summed E-state index contributed by atoms with van der Waals surface area (Å²) in [6.07, 6.45) is 3.76. The maximum Gasteiger partial charge on any atom is 0.253 e. The molecule has 2 aromatic rings. The number of hydroxylamine groups is 1. The molecular weight excluding hydrogens is 318 g/mol. The monoisotopic (exact) mass is 339 g/mol. The average Bonchev–Trinajstić information content (AvgIpc) is 3.09. The SMILES string of the molecule is Cc1ccccc1-c1ccc(C(=O)NC2CCCC2C(=O)NO)cn1. The molecule has 3 rings (SSSR count). The summed E-state index contributed by atoms with van der Waals surface area (Å²) < 4.78 is 0. The van der Waals surface area contributed by atoms with E-state index in [4.69, 9.17) is 5.21 Å². The first-order valence-corrected chi connectivity index (χ1v) is 8.37. The van der Waals surface area contributed by atoms with Gasteiger partial charge < -0.3 is 5.32 Å². The Kier molecular flexibility index (Phi) is 5.09. The number of benzene rings is 1. The Balaban J connectivity index is 1.71. The molecule has 0 spiro atoms. The van der Waals surface area contributed by atoms with Crippen molar-refractivity contribution in [3.8, 4) is 11.3 Å². The van der Waals surface area contributed by atoms with Crippen molar-refractivity contribution in [2.24, 2.45) is 5.92 Å². The lowest BCUT2D eigenvalue weighted by Crippen LogP contribution is -2.43. The molecule has 3 N–H and O–H groups in total. The van der Waals surface area contributed by atoms with E-state index in [0.29, 0.717) is 12.0 Å². The molecule has 2 amide bonds. The lowest BCUT2D eigenvalue weighted by molar-refractivity contribution is -0.133. The molecular formula is C19H21N3O3. The Labute approximate surface area is 146 Å². The van der Waals surface area contributed by atoms with Crippen molar-refractivity contribution in [3.63, 3.8) is 0 Å². The lowest BCUT2D eigenvalue weighted by Gasteiger charge is -2.19. The van der Waals surface area contributed by atoms with E-state index in [9.17, 15) is 9.59 Å². The fourth-order valence-electron chi connectivity index (χ4n) is 3.33. The molecule has 0 saturated heterocycles.